The molecule has 6 nitrogen and oxygen atoms in total. The Kier molecular flexibility index (Phi) is 6.37. The largest absolute Gasteiger partial charge is 0.484 e. The van der Waals surface area contributed by atoms with Crippen molar-refractivity contribution in [3.63, 3.8) is 0 Å². The highest BCUT2D eigenvalue weighted by Gasteiger charge is 2.15. The number of nitrogens with zero attached hydrogens (tertiary/aromatic N) is 3. The molecule has 6 heteroatoms. The number of fused-ring (bicyclic) bond motifs is 1. The average Bonchev–Trinajstić information content (AvgIpc) is 2.98. The number of aromatic nitrogens is 1. The molecule has 0 bridgehead atoms. The van der Waals surface area contributed by atoms with E-state index in [-0.39, 0.29) is 12.5 Å². The molecule has 1 saturated heterocycles. The molecule has 0 radical (unpaired) electrons. The highest BCUT2D eigenvalue weighted by Crippen LogP contribution is 2.26. The first-order valence-electron chi connectivity index (χ1n) is 10.8. The summed E-state index contributed by atoms with van der Waals surface area (Å²) in [6.45, 7) is 8.28. The molecule has 3 aromatic rings. The van der Waals surface area contributed by atoms with E-state index in [2.05, 4.69) is 35.2 Å². The molecule has 0 saturated carbocycles. The minimum Gasteiger partial charge on any atom is -0.484 e. The van der Waals surface area contributed by atoms with Crippen molar-refractivity contribution in [2.45, 2.75) is 20.3 Å². The van der Waals surface area contributed by atoms with Crippen LogP contribution >= 0.6 is 0 Å². The highest BCUT2D eigenvalue weighted by atomic mass is 16.5. The summed E-state index contributed by atoms with van der Waals surface area (Å²) in [4.78, 5) is 22.0. The maximum absolute atomic E-state index is 12.3. The Hall–Kier alpha value is -3.12. The Labute approximate surface area is 183 Å². The second-order valence-corrected chi connectivity index (χ2v) is 8.32. The van der Waals surface area contributed by atoms with Gasteiger partial charge < -0.3 is 19.9 Å². The fraction of sp³-hybridized carbons (Fsp3) is 0.360. The van der Waals surface area contributed by atoms with Crippen molar-refractivity contribution in [3.8, 4) is 5.75 Å². The van der Waals surface area contributed by atoms with E-state index in [1.54, 1.807) is 0 Å². The van der Waals surface area contributed by atoms with Crippen LogP contribution in [0.2, 0.25) is 0 Å². The number of hydrogen-bond donors (Lipinski definition) is 1. The fourth-order valence-corrected chi connectivity index (χ4v) is 3.87. The number of carbonyl (C=O) groups is 1. The Bertz CT molecular complexity index is 1070. The molecule has 2 heterocycles. The fourth-order valence-electron chi connectivity index (χ4n) is 3.87. The van der Waals surface area contributed by atoms with Gasteiger partial charge in [0.05, 0.1) is 5.52 Å². The van der Waals surface area contributed by atoms with Crippen molar-refractivity contribution in [1.29, 1.82) is 0 Å². The average molecular weight is 419 g/mol. The van der Waals surface area contributed by atoms with Gasteiger partial charge in [0.15, 0.2) is 6.61 Å². The molecule has 1 aromatic heterocycles. The van der Waals surface area contributed by atoms with Crippen LogP contribution in [0.1, 0.15) is 17.5 Å². The first-order chi connectivity index (χ1) is 15.0. The Morgan fingerprint density at radius 2 is 1.84 bits per heavy atom. The van der Waals surface area contributed by atoms with Crippen LogP contribution in [-0.4, -0.2) is 55.6 Å². The topological polar surface area (TPSA) is 57.7 Å². The monoisotopic (exact) mass is 418 g/mol. The molecule has 0 aliphatic carbocycles. The lowest BCUT2D eigenvalue weighted by Gasteiger charge is -2.22. The summed E-state index contributed by atoms with van der Waals surface area (Å²) in [5, 5.41) is 3.98. The predicted octanol–water partition coefficient (Wildman–Crippen LogP) is 4.01. The van der Waals surface area contributed by atoms with Crippen LogP contribution < -0.4 is 15.0 Å². The number of carbonyl (C=O) groups excluding carboxylic acids is 1. The smallest absolute Gasteiger partial charge is 0.262 e. The van der Waals surface area contributed by atoms with Crippen molar-refractivity contribution in [2.24, 2.45) is 0 Å². The number of ether oxygens (including phenoxy) is 1. The summed E-state index contributed by atoms with van der Waals surface area (Å²) >= 11 is 0. The van der Waals surface area contributed by atoms with Crippen molar-refractivity contribution in [1.82, 2.24) is 9.88 Å². The van der Waals surface area contributed by atoms with E-state index in [0.717, 1.165) is 66.1 Å². The van der Waals surface area contributed by atoms with E-state index in [1.807, 2.05) is 49.4 Å². The number of benzene rings is 2. The van der Waals surface area contributed by atoms with Gasteiger partial charge in [0.25, 0.3) is 5.91 Å². The molecule has 1 N–H and O–H groups in total. The first-order valence-corrected chi connectivity index (χ1v) is 10.8. The second kappa shape index (κ2) is 9.35. The van der Waals surface area contributed by atoms with Crippen LogP contribution in [0, 0.1) is 13.8 Å². The summed E-state index contributed by atoms with van der Waals surface area (Å²) in [6.07, 6.45) is 1.14. The van der Waals surface area contributed by atoms with Crippen molar-refractivity contribution >= 4 is 28.3 Å². The van der Waals surface area contributed by atoms with Gasteiger partial charge >= 0.3 is 0 Å². The Morgan fingerprint density at radius 1 is 1.03 bits per heavy atom. The maximum atomic E-state index is 12.3. The number of nitrogens with one attached hydrogen (secondary N) is 1. The van der Waals surface area contributed by atoms with E-state index >= 15 is 0 Å². The van der Waals surface area contributed by atoms with Gasteiger partial charge in [-0.25, -0.2) is 4.98 Å². The molecule has 162 valence electrons. The molecule has 4 rings (SSSR count). The number of likely N-dealkylation sites (N-methyl/N-ethyl adjacent to an activating group) is 1. The zero-order valence-electron chi connectivity index (χ0n) is 18.5. The van der Waals surface area contributed by atoms with Crippen LogP contribution in [-0.2, 0) is 4.79 Å². The van der Waals surface area contributed by atoms with Gasteiger partial charge in [-0.3, -0.25) is 4.79 Å². The summed E-state index contributed by atoms with van der Waals surface area (Å²) < 4.78 is 5.57. The molecule has 1 aliphatic heterocycles. The molecule has 0 spiro atoms. The number of amides is 1. The van der Waals surface area contributed by atoms with Crippen LogP contribution in [0.3, 0.4) is 0 Å². The van der Waals surface area contributed by atoms with Gasteiger partial charge in [-0.1, -0.05) is 17.7 Å². The third-order valence-corrected chi connectivity index (χ3v) is 5.72. The third kappa shape index (κ3) is 5.33. The standard InChI is InChI=1S/C25H30N4O2/c1-18-5-8-21(9-6-18)31-17-25(30)26-20-7-10-23-22(16-20)19(2)15-24(27-23)29-12-4-11-28(3)13-14-29/h5-10,15-16H,4,11-14,17H2,1-3H3,(H,26,30). The van der Waals surface area contributed by atoms with Gasteiger partial charge in [-0.05, 0) is 75.8 Å². The Morgan fingerprint density at radius 3 is 2.65 bits per heavy atom. The molecular formula is C25H30N4O2. The summed E-state index contributed by atoms with van der Waals surface area (Å²) in [5.41, 5.74) is 4.01. The van der Waals surface area contributed by atoms with E-state index in [9.17, 15) is 4.79 Å². The number of anilines is 2. The maximum Gasteiger partial charge on any atom is 0.262 e. The minimum atomic E-state index is -0.184. The van der Waals surface area contributed by atoms with Gasteiger partial charge in [0.2, 0.25) is 0 Å². The van der Waals surface area contributed by atoms with Gasteiger partial charge in [0, 0.05) is 30.7 Å². The van der Waals surface area contributed by atoms with E-state index < -0.39 is 0 Å². The zero-order chi connectivity index (χ0) is 21.8. The van der Waals surface area contributed by atoms with Crippen molar-refractivity contribution in [3.05, 3.63) is 59.7 Å². The number of hydrogen-bond acceptors (Lipinski definition) is 5. The quantitative estimate of drug-likeness (QED) is 0.678. The van der Waals surface area contributed by atoms with Crippen LogP contribution in [0.15, 0.2) is 48.5 Å². The molecule has 1 aliphatic rings. The minimum absolute atomic E-state index is 0.0271. The predicted molar refractivity (Wildman–Crippen MR) is 126 cm³/mol. The summed E-state index contributed by atoms with van der Waals surface area (Å²) in [5.74, 6) is 1.53. The van der Waals surface area contributed by atoms with E-state index in [4.69, 9.17) is 9.72 Å². The van der Waals surface area contributed by atoms with Gasteiger partial charge in [-0.15, -0.1) is 0 Å². The SMILES string of the molecule is Cc1ccc(OCC(=O)Nc2ccc3nc(N4CCCN(C)CC4)cc(C)c3c2)cc1. The second-order valence-electron chi connectivity index (χ2n) is 8.32. The van der Waals surface area contributed by atoms with Crippen molar-refractivity contribution < 1.29 is 9.53 Å². The molecule has 31 heavy (non-hydrogen) atoms. The normalized spacial score (nSPS) is 15.0. The lowest BCUT2D eigenvalue weighted by molar-refractivity contribution is -0.118. The highest BCUT2D eigenvalue weighted by molar-refractivity contribution is 5.95. The zero-order valence-corrected chi connectivity index (χ0v) is 18.5. The van der Waals surface area contributed by atoms with E-state index in [0.29, 0.717) is 5.75 Å². The molecule has 2 aromatic carbocycles. The van der Waals surface area contributed by atoms with Gasteiger partial charge in [-0.2, -0.15) is 0 Å². The first kappa shape index (κ1) is 21.1. The number of aryl methyl sites for hydroxylation is 2. The molecule has 1 fully saturated rings. The molecule has 0 atom stereocenters. The number of rotatable bonds is 5. The molecular weight excluding hydrogens is 388 g/mol. The van der Waals surface area contributed by atoms with E-state index in [1.165, 1.54) is 0 Å². The molecule has 1 amide bonds. The van der Waals surface area contributed by atoms with Crippen LogP contribution in [0.25, 0.3) is 10.9 Å². The summed E-state index contributed by atoms with van der Waals surface area (Å²) in [6, 6.07) is 15.7. The Balaban J connectivity index is 1.44. The van der Waals surface area contributed by atoms with Crippen molar-refractivity contribution in [2.75, 3.05) is 50.1 Å². The molecule has 0 unspecified atom stereocenters. The number of pyridine rings is 1. The summed E-state index contributed by atoms with van der Waals surface area (Å²) in [7, 11) is 2.17. The lowest BCUT2D eigenvalue weighted by Crippen LogP contribution is -2.29. The van der Waals surface area contributed by atoms with Crippen LogP contribution in [0.4, 0.5) is 11.5 Å². The van der Waals surface area contributed by atoms with Gasteiger partial charge in [0.1, 0.15) is 11.6 Å². The third-order valence-electron chi connectivity index (χ3n) is 5.72. The van der Waals surface area contributed by atoms with Crippen LogP contribution in [0.5, 0.6) is 5.75 Å². The lowest BCUT2D eigenvalue weighted by atomic mass is 10.1.